The molecule has 0 bridgehead atoms. The molecule has 0 fully saturated rings. The largest absolute Gasteiger partial charge is 0.493 e. The van der Waals surface area contributed by atoms with Crippen LogP contribution in [0, 0.1) is 24.0 Å². The number of ether oxygens (including phenoxy) is 2. The molecule has 30 heavy (non-hydrogen) atoms. The zero-order valence-corrected chi connectivity index (χ0v) is 17.8. The topological polar surface area (TPSA) is 105 Å². The molecule has 0 unspecified atom stereocenters. The lowest BCUT2D eigenvalue weighted by molar-refractivity contribution is -0.386. The third kappa shape index (κ3) is 4.60. The number of methoxy groups -OCH3 is 1. The molecule has 0 N–H and O–H groups in total. The second-order valence-corrected chi connectivity index (χ2v) is 7.11. The van der Waals surface area contributed by atoms with Gasteiger partial charge < -0.3 is 9.47 Å². The number of hydrogen-bond donors (Lipinski definition) is 0. The number of nitro benzene ring substituents is 1. The number of nitrogens with zero attached hydrogens (tertiary/aromatic N) is 5. The van der Waals surface area contributed by atoms with Gasteiger partial charge in [0.25, 0.3) is 0 Å². The van der Waals surface area contributed by atoms with E-state index >= 15 is 0 Å². The van der Waals surface area contributed by atoms with Crippen molar-refractivity contribution in [2.24, 2.45) is 5.10 Å². The lowest BCUT2D eigenvalue weighted by Crippen LogP contribution is -2.04. The molecule has 3 rings (SSSR count). The zero-order valence-electron chi connectivity index (χ0n) is 17.0. The smallest absolute Gasteiger partial charge is 0.315 e. The van der Waals surface area contributed by atoms with E-state index in [1.807, 2.05) is 37.4 Å². The lowest BCUT2D eigenvalue weighted by atomic mass is 10.1. The molecule has 1 heterocycles. The molecule has 9 nitrogen and oxygen atoms in total. The molecule has 0 aliphatic rings. The fourth-order valence-electron chi connectivity index (χ4n) is 2.76. The summed E-state index contributed by atoms with van der Waals surface area (Å²) in [6.07, 6.45) is 3.36. The van der Waals surface area contributed by atoms with Gasteiger partial charge in [-0.15, -0.1) is 10.2 Å². The van der Waals surface area contributed by atoms with E-state index in [0.717, 1.165) is 11.1 Å². The van der Waals surface area contributed by atoms with Crippen LogP contribution in [0.15, 0.2) is 46.7 Å². The summed E-state index contributed by atoms with van der Waals surface area (Å²) in [6, 6.07) is 10.7. The van der Waals surface area contributed by atoms with Gasteiger partial charge in [-0.3, -0.25) is 10.1 Å². The fourth-order valence-corrected chi connectivity index (χ4v) is 3.23. The van der Waals surface area contributed by atoms with Crippen molar-refractivity contribution < 1.29 is 14.4 Å². The molecule has 0 spiro atoms. The number of thioether (sulfide) groups is 1. The zero-order chi connectivity index (χ0) is 21.7. The number of benzene rings is 2. The van der Waals surface area contributed by atoms with Crippen molar-refractivity contribution in [3.05, 3.63) is 69.0 Å². The van der Waals surface area contributed by atoms with Crippen LogP contribution < -0.4 is 9.47 Å². The van der Waals surface area contributed by atoms with E-state index in [1.54, 1.807) is 17.7 Å². The summed E-state index contributed by atoms with van der Waals surface area (Å²) in [7, 11) is 1.44. The molecule has 10 heteroatoms. The number of nitro groups is 1. The Hall–Kier alpha value is -3.40. The van der Waals surface area contributed by atoms with E-state index in [9.17, 15) is 10.1 Å². The van der Waals surface area contributed by atoms with Crippen molar-refractivity contribution in [1.82, 2.24) is 14.9 Å². The minimum absolute atomic E-state index is 0.0770. The number of rotatable bonds is 8. The van der Waals surface area contributed by atoms with Crippen molar-refractivity contribution in [1.29, 1.82) is 0 Å². The van der Waals surface area contributed by atoms with Gasteiger partial charge in [0, 0.05) is 11.6 Å². The monoisotopic (exact) mass is 427 g/mol. The predicted molar refractivity (Wildman–Crippen MR) is 115 cm³/mol. The van der Waals surface area contributed by atoms with Gasteiger partial charge in [0.15, 0.2) is 11.6 Å². The molecule has 0 aliphatic carbocycles. The van der Waals surface area contributed by atoms with Gasteiger partial charge in [0.1, 0.15) is 6.61 Å². The van der Waals surface area contributed by atoms with E-state index in [-0.39, 0.29) is 23.8 Å². The van der Waals surface area contributed by atoms with Gasteiger partial charge in [-0.05, 0) is 37.3 Å². The first-order chi connectivity index (χ1) is 14.4. The molecule has 3 aromatic rings. The van der Waals surface area contributed by atoms with Crippen LogP contribution >= 0.6 is 11.8 Å². The van der Waals surface area contributed by atoms with Crippen molar-refractivity contribution in [2.75, 3.05) is 13.4 Å². The maximum atomic E-state index is 11.7. The van der Waals surface area contributed by atoms with Crippen LogP contribution in [-0.2, 0) is 6.61 Å². The Morgan fingerprint density at radius 3 is 2.70 bits per heavy atom. The SMILES string of the molecule is COc1cc(/C=N\n2c(C)nnc2SC)cc([N+](=O)[O-])c1OCc1ccccc1C. The Balaban J connectivity index is 1.95. The molecule has 0 aliphatic heterocycles. The molecular weight excluding hydrogens is 406 g/mol. The summed E-state index contributed by atoms with van der Waals surface area (Å²) >= 11 is 1.40. The van der Waals surface area contributed by atoms with Gasteiger partial charge in [0.05, 0.1) is 18.2 Å². The molecular formula is C20H21N5O4S. The first kappa shape index (κ1) is 21.3. The second kappa shape index (κ2) is 9.40. The molecule has 156 valence electrons. The van der Waals surface area contributed by atoms with Crippen molar-refractivity contribution >= 4 is 23.7 Å². The molecule has 2 aromatic carbocycles. The van der Waals surface area contributed by atoms with E-state index in [2.05, 4.69) is 15.3 Å². The summed E-state index contributed by atoms with van der Waals surface area (Å²) in [5, 5.41) is 24.7. The summed E-state index contributed by atoms with van der Waals surface area (Å²) < 4.78 is 12.7. The van der Waals surface area contributed by atoms with Crippen molar-refractivity contribution in [3.8, 4) is 11.5 Å². The second-order valence-electron chi connectivity index (χ2n) is 6.33. The Morgan fingerprint density at radius 2 is 2.03 bits per heavy atom. The number of aromatic nitrogens is 3. The Bertz CT molecular complexity index is 1100. The lowest BCUT2D eigenvalue weighted by Gasteiger charge is -2.13. The van der Waals surface area contributed by atoms with E-state index in [4.69, 9.17) is 9.47 Å². The molecule has 0 atom stereocenters. The minimum Gasteiger partial charge on any atom is -0.493 e. The highest BCUT2D eigenvalue weighted by Crippen LogP contribution is 2.38. The van der Waals surface area contributed by atoms with Gasteiger partial charge in [0.2, 0.25) is 10.9 Å². The van der Waals surface area contributed by atoms with E-state index in [1.165, 1.54) is 31.2 Å². The maximum Gasteiger partial charge on any atom is 0.315 e. The standard InChI is InChI=1S/C20H21N5O4S/c1-13-7-5-6-8-16(13)12-29-19-17(25(26)27)9-15(10-18(19)28-3)11-21-24-14(2)22-23-20(24)30-4/h5-11H,12H2,1-4H3/b21-11-. The van der Waals surface area contributed by atoms with Crippen LogP contribution in [0.2, 0.25) is 0 Å². The quantitative estimate of drug-likeness (QED) is 0.232. The highest BCUT2D eigenvalue weighted by atomic mass is 32.2. The van der Waals surface area contributed by atoms with E-state index < -0.39 is 4.92 Å². The number of aryl methyl sites for hydroxylation is 2. The average Bonchev–Trinajstić information content (AvgIpc) is 3.10. The third-order valence-corrected chi connectivity index (χ3v) is 5.00. The van der Waals surface area contributed by atoms with Crippen molar-refractivity contribution in [3.63, 3.8) is 0 Å². The van der Waals surface area contributed by atoms with Crippen LogP contribution in [0.25, 0.3) is 0 Å². The maximum absolute atomic E-state index is 11.7. The normalized spacial score (nSPS) is 11.1. The van der Waals surface area contributed by atoms with Gasteiger partial charge in [-0.25, -0.2) is 0 Å². The summed E-state index contributed by atoms with van der Waals surface area (Å²) in [6.45, 7) is 3.92. The Kier molecular flexibility index (Phi) is 6.68. The molecule has 0 amide bonds. The highest BCUT2D eigenvalue weighted by molar-refractivity contribution is 7.98. The van der Waals surface area contributed by atoms with Gasteiger partial charge in [-0.2, -0.15) is 9.78 Å². The first-order valence-electron chi connectivity index (χ1n) is 8.98. The summed E-state index contributed by atoms with van der Waals surface area (Å²) in [5.74, 6) is 0.938. The Labute approximate surface area is 177 Å². The fraction of sp³-hybridized carbons (Fsp3) is 0.250. The van der Waals surface area contributed by atoms with Crippen LogP contribution in [0.4, 0.5) is 5.69 Å². The van der Waals surface area contributed by atoms with Gasteiger partial charge in [-0.1, -0.05) is 36.0 Å². The summed E-state index contributed by atoms with van der Waals surface area (Å²) in [4.78, 5) is 11.2. The number of hydrogen-bond acceptors (Lipinski definition) is 8. The minimum atomic E-state index is -0.496. The van der Waals surface area contributed by atoms with Crippen LogP contribution in [0.1, 0.15) is 22.5 Å². The average molecular weight is 427 g/mol. The first-order valence-corrected chi connectivity index (χ1v) is 10.2. The Morgan fingerprint density at radius 1 is 1.27 bits per heavy atom. The molecule has 0 saturated heterocycles. The molecule has 0 saturated carbocycles. The summed E-state index contributed by atoms with van der Waals surface area (Å²) in [5.41, 5.74) is 2.26. The third-order valence-electron chi connectivity index (χ3n) is 4.38. The predicted octanol–water partition coefficient (Wildman–Crippen LogP) is 3.99. The molecule has 0 radical (unpaired) electrons. The highest BCUT2D eigenvalue weighted by Gasteiger charge is 2.22. The van der Waals surface area contributed by atoms with Crippen LogP contribution in [0.5, 0.6) is 11.5 Å². The van der Waals surface area contributed by atoms with Crippen LogP contribution in [0.3, 0.4) is 0 Å². The van der Waals surface area contributed by atoms with Gasteiger partial charge >= 0.3 is 5.69 Å². The molecule has 1 aromatic heterocycles. The van der Waals surface area contributed by atoms with E-state index in [0.29, 0.717) is 16.5 Å². The van der Waals surface area contributed by atoms with Crippen LogP contribution in [-0.4, -0.2) is 39.4 Å². The van der Waals surface area contributed by atoms with Crippen molar-refractivity contribution in [2.45, 2.75) is 25.6 Å².